The average Bonchev–Trinajstić information content (AvgIpc) is 2.96. The SMILES string of the molecule is CC(C)(C)OC(=O)CCOCCOCCOCCOCCOCCOCCOCCOCCOCCOCCC(=O)OC(C)(C)C. The summed E-state index contributed by atoms with van der Waals surface area (Å²) in [4.78, 5) is 23.1. The first-order valence-corrected chi connectivity index (χ1v) is 16.2. The van der Waals surface area contributed by atoms with E-state index in [9.17, 15) is 9.59 Å². The van der Waals surface area contributed by atoms with E-state index < -0.39 is 11.2 Å². The highest BCUT2D eigenvalue weighted by Gasteiger charge is 2.16. The number of hydrogen-bond acceptors (Lipinski definition) is 14. The second-order valence-corrected chi connectivity index (χ2v) is 11.8. The summed E-state index contributed by atoms with van der Waals surface area (Å²) < 4.78 is 64.7. The Kier molecular flexibility index (Phi) is 29.9. The fourth-order valence-electron chi connectivity index (χ4n) is 3.18. The van der Waals surface area contributed by atoms with Gasteiger partial charge in [0.15, 0.2) is 0 Å². The van der Waals surface area contributed by atoms with Gasteiger partial charge >= 0.3 is 11.9 Å². The van der Waals surface area contributed by atoms with Crippen LogP contribution in [0.15, 0.2) is 0 Å². The number of carbonyl (C=O) groups excluding carboxylic acids is 2. The molecule has 0 atom stereocenters. The van der Waals surface area contributed by atoms with Crippen LogP contribution in [0, 0.1) is 0 Å². The minimum absolute atomic E-state index is 0.229. The summed E-state index contributed by atoms with van der Waals surface area (Å²) in [7, 11) is 0. The van der Waals surface area contributed by atoms with Crippen LogP contribution >= 0.6 is 0 Å². The Morgan fingerprint density at radius 3 is 0.609 bits per heavy atom. The van der Waals surface area contributed by atoms with Gasteiger partial charge < -0.3 is 56.8 Å². The fraction of sp³-hybridized carbons (Fsp3) is 0.938. The van der Waals surface area contributed by atoms with Crippen LogP contribution in [0.1, 0.15) is 54.4 Å². The smallest absolute Gasteiger partial charge is 0.308 e. The molecule has 0 saturated heterocycles. The van der Waals surface area contributed by atoms with Crippen molar-refractivity contribution in [2.45, 2.75) is 65.6 Å². The minimum atomic E-state index is -0.476. The number of ether oxygens (including phenoxy) is 12. The predicted octanol–water partition coefficient (Wildman–Crippen LogP) is 2.62. The lowest BCUT2D eigenvalue weighted by molar-refractivity contribution is -0.157. The number of esters is 2. The van der Waals surface area contributed by atoms with Crippen LogP contribution in [0.4, 0.5) is 0 Å². The molecule has 14 heteroatoms. The molecule has 0 heterocycles. The molecule has 0 N–H and O–H groups in total. The first kappa shape index (κ1) is 44.5. The van der Waals surface area contributed by atoms with E-state index in [1.54, 1.807) is 0 Å². The van der Waals surface area contributed by atoms with Gasteiger partial charge in [-0.15, -0.1) is 0 Å². The molecule has 0 aliphatic heterocycles. The summed E-state index contributed by atoms with van der Waals surface area (Å²) in [5, 5.41) is 0. The third kappa shape index (κ3) is 38.7. The molecule has 0 aliphatic carbocycles. The lowest BCUT2D eigenvalue weighted by atomic mass is 10.2. The van der Waals surface area contributed by atoms with Gasteiger partial charge in [0.25, 0.3) is 0 Å². The average molecular weight is 671 g/mol. The van der Waals surface area contributed by atoms with Crippen LogP contribution in [0.3, 0.4) is 0 Å². The Balaban J connectivity index is 3.15. The van der Waals surface area contributed by atoms with E-state index in [2.05, 4.69) is 0 Å². The maximum absolute atomic E-state index is 11.6. The summed E-state index contributed by atoms with van der Waals surface area (Å²) in [5.74, 6) is -0.536. The largest absolute Gasteiger partial charge is 0.460 e. The van der Waals surface area contributed by atoms with Gasteiger partial charge in [-0.3, -0.25) is 9.59 Å². The van der Waals surface area contributed by atoms with Crippen LogP contribution in [0.25, 0.3) is 0 Å². The molecule has 0 saturated carbocycles. The molecule has 0 radical (unpaired) electrons. The van der Waals surface area contributed by atoms with Crippen molar-refractivity contribution in [3.63, 3.8) is 0 Å². The van der Waals surface area contributed by atoms with E-state index >= 15 is 0 Å². The van der Waals surface area contributed by atoms with Crippen molar-refractivity contribution in [1.82, 2.24) is 0 Å². The van der Waals surface area contributed by atoms with Gasteiger partial charge in [-0.2, -0.15) is 0 Å². The van der Waals surface area contributed by atoms with Gasteiger partial charge in [-0.25, -0.2) is 0 Å². The molecular weight excluding hydrogens is 608 g/mol. The molecular formula is C32H62O14. The third-order valence-electron chi connectivity index (χ3n) is 5.09. The van der Waals surface area contributed by atoms with Gasteiger partial charge in [-0.1, -0.05) is 0 Å². The lowest BCUT2D eigenvalue weighted by Crippen LogP contribution is -2.24. The summed E-state index contributed by atoms with van der Waals surface area (Å²) in [6.07, 6.45) is 0.457. The van der Waals surface area contributed by atoms with Crippen LogP contribution in [0.5, 0.6) is 0 Å². The quantitative estimate of drug-likeness (QED) is 0.0745. The summed E-state index contributed by atoms with van der Waals surface area (Å²) >= 11 is 0. The van der Waals surface area contributed by atoms with Crippen molar-refractivity contribution < 1.29 is 66.4 Å². The van der Waals surface area contributed by atoms with Crippen LogP contribution in [-0.4, -0.2) is 155 Å². The van der Waals surface area contributed by atoms with E-state index in [1.807, 2.05) is 41.5 Å². The van der Waals surface area contributed by atoms with Gasteiger partial charge in [0.2, 0.25) is 0 Å². The summed E-state index contributed by atoms with van der Waals surface area (Å²) in [6.45, 7) is 20.1. The van der Waals surface area contributed by atoms with Crippen molar-refractivity contribution in [3.8, 4) is 0 Å². The van der Waals surface area contributed by atoms with Crippen molar-refractivity contribution >= 4 is 11.9 Å². The Hall–Kier alpha value is -1.46. The standard InChI is InChI=1S/C32H62O14/c1-31(2,3)45-29(33)7-9-35-11-13-37-15-17-39-19-21-41-23-25-43-27-28-44-26-24-42-22-20-40-18-16-38-14-12-36-10-8-30(34)46-32(4,5)6/h7-28H2,1-6H3. The highest BCUT2D eigenvalue weighted by atomic mass is 16.6. The topological polar surface area (TPSA) is 145 Å². The first-order valence-electron chi connectivity index (χ1n) is 16.2. The number of hydrogen-bond donors (Lipinski definition) is 0. The van der Waals surface area contributed by atoms with Crippen molar-refractivity contribution in [2.24, 2.45) is 0 Å². The second-order valence-electron chi connectivity index (χ2n) is 11.8. The Morgan fingerprint density at radius 1 is 0.304 bits per heavy atom. The van der Waals surface area contributed by atoms with Gasteiger partial charge in [0.1, 0.15) is 11.2 Å². The molecule has 0 aromatic heterocycles. The Bertz CT molecular complexity index is 635. The molecule has 0 spiro atoms. The summed E-state index contributed by atoms with van der Waals surface area (Å²) in [6, 6.07) is 0. The highest BCUT2D eigenvalue weighted by Crippen LogP contribution is 2.08. The molecule has 0 bridgehead atoms. The fourth-order valence-corrected chi connectivity index (χ4v) is 3.18. The van der Waals surface area contributed by atoms with Gasteiger partial charge in [0, 0.05) is 0 Å². The molecule has 14 nitrogen and oxygen atoms in total. The highest BCUT2D eigenvalue weighted by molar-refractivity contribution is 5.70. The van der Waals surface area contributed by atoms with E-state index in [-0.39, 0.29) is 24.8 Å². The van der Waals surface area contributed by atoms with E-state index in [4.69, 9.17) is 56.8 Å². The summed E-state index contributed by atoms with van der Waals surface area (Å²) in [5.41, 5.74) is -0.952. The molecule has 0 aromatic carbocycles. The predicted molar refractivity (Wildman–Crippen MR) is 169 cm³/mol. The zero-order chi connectivity index (χ0) is 34.2. The molecule has 46 heavy (non-hydrogen) atoms. The molecule has 0 rings (SSSR count). The third-order valence-corrected chi connectivity index (χ3v) is 5.09. The van der Waals surface area contributed by atoms with Crippen LogP contribution in [-0.2, 0) is 66.4 Å². The van der Waals surface area contributed by atoms with E-state index in [1.165, 1.54) is 0 Å². The van der Waals surface area contributed by atoms with E-state index in [0.29, 0.717) is 132 Å². The zero-order valence-electron chi connectivity index (χ0n) is 29.3. The van der Waals surface area contributed by atoms with Crippen molar-refractivity contribution in [1.29, 1.82) is 0 Å². The Morgan fingerprint density at radius 2 is 0.457 bits per heavy atom. The number of rotatable bonds is 33. The first-order chi connectivity index (χ1) is 22.0. The van der Waals surface area contributed by atoms with Crippen LogP contribution in [0.2, 0.25) is 0 Å². The number of carbonyl (C=O) groups is 2. The molecule has 0 aromatic rings. The molecule has 0 aliphatic rings. The molecule has 274 valence electrons. The normalized spacial score (nSPS) is 12.0. The Labute approximate surface area is 276 Å². The monoisotopic (exact) mass is 670 g/mol. The second kappa shape index (κ2) is 30.8. The van der Waals surface area contributed by atoms with Crippen molar-refractivity contribution in [2.75, 3.05) is 132 Å². The minimum Gasteiger partial charge on any atom is -0.460 e. The van der Waals surface area contributed by atoms with Gasteiger partial charge in [0.05, 0.1) is 145 Å². The molecule has 0 unspecified atom stereocenters. The lowest BCUT2D eigenvalue weighted by Gasteiger charge is -2.19. The van der Waals surface area contributed by atoms with Crippen LogP contribution < -0.4 is 0 Å². The maximum Gasteiger partial charge on any atom is 0.308 e. The zero-order valence-corrected chi connectivity index (χ0v) is 29.3. The van der Waals surface area contributed by atoms with Crippen molar-refractivity contribution in [3.05, 3.63) is 0 Å². The molecule has 0 fully saturated rings. The van der Waals surface area contributed by atoms with Gasteiger partial charge in [-0.05, 0) is 41.5 Å². The molecule has 0 amide bonds. The van der Waals surface area contributed by atoms with E-state index in [0.717, 1.165) is 0 Å². The maximum atomic E-state index is 11.6.